The molecular formula is C28H29NO4. The Bertz CT molecular complexity index is 1020. The first-order chi connectivity index (χ1) is 16.1. The van der Waals surface area contributed by atoms with Gasteiger partial charge in [0, 0.05) is 18.9 Å². The maximum atomic E-state index is 13.0. The molecule has 3 aromatic carbocycles. The zero-order valence-corrected chi connectivity index (χ0v) is 18.5. The predicted octanol–water partition coefficient (Wildman–Crippen LogP) is 4.50. The number of alkyl carbamates (subject to hydrolysis) is 1. The van der Waals surface area contributed by atoms with Gasteiger partial charge in [-0.25, -0.2) is 4.79 Å². The summed E-state index contributed by atoms with van der Waals surface area (Å²) in [5, 5.41) is 12.4. The highest BCUT2D eigenvalue weighted by atomic mass is 16.5. The summed E-state index contributed by atoms with van der Waals surface area (Å²) in [5.74, 6) is -0.444. The predicted molar refractivity (Wildman–Crippen MR) is 129 cm³/mol. The fourth-order valence-corrected chi connectivity index (χ4v) is 3.44. The molecule has 0 bridgehead atoms. The van der Waals surface area contributed by atoms with Crippen LogP contribution in [-0.2, 0) is 29.0 Å². The van der Waals surface area contributed by atoms with Crippen LogP contribution in [0.3, 0.4) is 0 Å². The summed E-state index contributed by atoms with van der Waals surface area (Å²) in [4.78, 5) is 25.4. The van der Waals surface area contributed by atoms with Crippen molar-refractivity contribution in [1.29, 1.82) is 0 Å². The first kappa shape index (κ1) is 24.0. The van der Waals surface area contributed by atoms with E-state index in [4.69, 9.17) is 4.74 Å². The number of carbonyl (C=O) groups excluding carboxylic acids is 2. The van der Waals surface area contributed by atoms with Gasteiger partial charge in [0.2, 0.25) is 0 Å². The molecule has 2 atom stereocenters. The minimum absolute atomic E-state index is 0.0748. The van der Waals surface area contributed by atoms with Gasteiger partial charge in [-0.05, 0) is 29.2 Å². The number of ketones is 1. The van der Waals surface area contributed by atoms with Gasteiger partial charge in [-0.2, -0.15) is 0 Å². The molecule has 170 valence electrons. The molecule has 2 N–H and O–H groups in total. The SMILES string of the molecule is O=C(N[C@@H](Cc1ccccc1)C(=O)/C=C/C(CO)Cc1ccccc1)OCc1ccccc1. The molecule has 3 rings (SSSR count). The van der Waals surface area contributed by atoms with Crippen molar-refractivity contribution < 1.29 is 19.4 Å². The minimum Gasteiger partial charge on any atom is -0.445 e. The third-order valence-electron chi connectivity index (χ3n) is 5.24. The second-order valence-corrected chi connectivity index (χ2v) is 7.84. The number of hydrogen-bond donors (Lipinski definition) is 2. The lowest BCUT2D eigenvalue weighted by molar-refractivity contribution is -0.116. The monoisotopic (exact) mass is 443 g/mol. The van der Waals surface area contributed by atoms with Crippen LogP contribution in [-0.4, -0.2) is 29.6 Å². The Morgan fingerprint density at radius 2 is 1.30 bits per heavy atom. The van der Waals surface area contributed by atoms with E-state index in [0.29, 0.717) is 12.8 Å². The molecule has 1 unspecified atom stereocenters. The number of aliphatic hydroxyl groups excluding tert-OH is 1. The van der Waals surface area contributed by atoms with E-state index in [1.807, 2.05) is 91.0 Å². The van der Waals surface area contributed by atoms with Crippen molar-refractivity contribution >= 4 is 11.9 Å². The third-order valence-corrected chi connectivity index (χ3v) is 5.24. The van der Waals surface area contributed by atoms with Crippen LogP contribution in [0.2, 0.25) is 0 Å². The van der Waals surface area contributed by atoms with E-state index < -0.39 is 12.1 Å². The molecule has 0 heterocycles. The van der Waals surface area contributed by atoms with Crippen molar-refractivity contribution in [2.75, 3.05) is 6.61 Å². The molecule has 0 radical (unpaired) electrons. The zero-order chi connectivity index (χ0) is 23.3. The van der Waals surface area contributed by atoms with Gasteiger partial charge in [0.15, 0.2) is 5.78 Å². The second kappa shape index (κ2) is 13.0. The van der Waals surface area contributed by atoms with E-state index in [9.17, 15) is 14.7 Å². The molecule has 0 saturated carbocycles. The molecule has 5 heteroatoms. The van der Waals surface area contributed by atoms with Crippen molar-refractivity contribution in [3.8, 4) is 0 Å². The van der Waals surface area contributed by atoms with E-state index in [1.165, 1.54) is 6.08 Å². The van der Waals surface area contributed by atoms with Gasteiger partial charge in [0.25, 0.3) is 0 Å². The smallest absolute Gasteiger partial charge is 0.408 e. The average molecular weight is 444 g/mol. The Morgan fingerprint density at radius 1 is 0.788 bits per heavy atom. The van der Waals surface area contributed by atoms with Crippen molar-refractivity contribution in [2.24, 2.45) is 5.92 Å². The molecule has 0 aliphatic carbocycles. The Balaban J connectivity index is 1.64. The summed E-state index contributed by atoms with van der Waals surface area (Å²) >= 11 is 0. The van der Waals surface area contributed by atoms with E-state index in [2.05, 4.69) is 5.32 Å². The molecule has 3 aromatic rings. The van der Waals surface area contributed by atoms with Gasteiger partial charge in [-0.3, -0.25) is 4.79 Å². The summed E-state index contributed by atoms with van der Waals surface area (Å²) in [6, 6.07) is 27.9. The number of rotatable bonds is 11. The number of nitrogens with one attached hydrogen (secondary N) is 1. The molecule has 5 nitrogen and oxygen atoms in total. The van der Waals surface area contributed by atoms with Crippen LogP contribution < -0.4 is 5.32 Å². The summed E-state index contributed by atoms with van der Waals surface area (Å²) in [6.07, 6.45) is 3.48. The topological polar surface area (TPSA) is 75.6 Å². The largest absolute Gasteiger partial charge is 0.445 e. The van der Waals surface area contributed by atoms with Crippen LogP contribution in [0, 0.1) is 5.92 Å². The molecule has 1 amide bonds. The minimum atomic E-state index is -0.775. The van der Waals surface area contributed by atoms with E-state index in [0.717, 1.165) is 16.7 Å². The van der Waals surface area contributed by atoms with Gasteiger partial charge >= 0.3 is 6.09 Å². The van der Waals surface area contributed by atoms with E-state index >= 15 is 0 Å². The molecule has 0 aliphatic rings. The van der Waals surface area contributed by atoms with Gasteiger partial charge < -0.3 is 15.2 Å². The first-order valence-corrected chi connectivity index (χ1v) is 11.0. The lowest BCUT2D eigenvalue weighted by Crippen LogP contribution is -2.42. The number of benzene rings is 3. The summed E-state index contributed by atoms with van der Waals surface area (Å²) < 4.78 is 5.31. The molecule has 0 saturated heterocycles. The van der Waals surface area contributed by atoms with Crippen molar-refractivity contribution in [3.63, 3.8) is 0 Å². The van der Waals surface area contributed by atoms with Crippen LogP contribution in [0.1, 0.15) is 16.7 Å². The summed E-state index contributed by atoms with van der Waals surface area (Å²) in [7, 11) is 0. The standard InChI is InChI=1S/C28H29NO4/c30-20-25(18-22-10-4-1-5-11-22)16-17-27(31)26(19-23-12-6-2-7-13-23)29-28(32)33-21-24-14-8-3-9-15-24/h1-17,25-26,30H,18-21H2,(H,29,32)/b17-16+/t25?,26-/m0/s1. The number of carbonyl (C=O) groups is 2. The molecular weight excluding hydrogens is 414 g/mol. The van der Waals surface area contributed by atoms with Crippen LogP contribution in [0.15, 0.2) is 103 Å². The quantitative estimate of drug-likeness (QED) is 0.428. The van der Waals surface area contributed by atoms with Crippen LogP contribution in [0.25, 0.3) is 0 Å². The van der Waals surface area contributed by atoms with Crippen molar-refractivity contribution in [1.82, 2.24) is 5.32 Å². The zero-order valence-electron chi connectivity index (χ0n) is 18.5. The highest BCUT2D eigenvalue weighted by molar-refractivity contribution is 5.96. The van der Waals surface area contributed by atoms with Gasteiger partial charge in [-0.15, -0.1) is 0 Å². The van der Waals surface area contributed by atoms with E-state index in [1.54, 1.807) is 6.08 Å². The highest BCUT2D eigenvalue weighted by Gasteiger charge is 2.20. The Hall–Kier alpha value is -3.70. The maximum absolute atomic E-state index is 13.0. The number of hydrogen-bond acceptors (Lipinski definition) is 4. The van der Waals surface area contributed by atoms with Crippen LogP contribution in [0.5, 0.6) is 0 Å². The summed E-state index contributed by atoms with van der Waals surface area (Å²) in [5.41, 5.74) is 2.87. The third kappa shape index (κ3) is 8.39. The molecule has 0 fully saturated rings. The highest BCUT2D eigenvalue weighted by Crippen LogP contribution is 2.11. The fraction of sp³-hybridized carbons (Fsp3) is 0.214. The Morgan fingerprint density at radius 3 is 1.85 bits per heavy atom. The Labute approximate surface area is 194 Å². The number of amides is 1. The normalized spacial score (nSPS) is 12.8. The Kier molecular flexibility index (Phi) is 9.43. The van der Waals surface area contributed by atoms with Crippen LogP contribution >= 0.6 is 0 Å². The molecule has 33 heavy (non-hydrogen) atoms. The number of aliphatic hydroxyl groups is 1. The molecule has 0 spiro atoms. The summed E-state index contributed by atoms with van der Waals surface area (Å²) in [6.45, 7) is 0.0486. The van der Waals surface area contributed by atoms with Gasteiger partial charge in [-0.1, -0.05) is 97.1 Å². The fourth-order valence-electron chi connectivity index (χ4n) is 3.44. The van der Waals surface area contributed by atoms with Gasteiger partial charge in [0.05, 0.1) is 6.04 Å². The van der Waals surface area contributed by atoms with E-state index in [-0.39, 0.29) is 24.9 Å². The maximum Gasteiger partial charge on any atom is 0.408 e. The second-order valence-electron chi connectivity index (χ2n) is 7.84. The lowest BCUT2D eigenvalue weighted by Gasteiger charge is -2.17. The van der Waals surface area contributed by atoms with Crippen molar-refractivity contribution in [2.45, 2.75) is 25.5 Å². The van der Waals surface area contributed by atoms with Crippen molar-refractivity contribution in [3.05, 3.63) is 120 Å². The molecule has 0 aliphatic heterocycles. The van der Waals surface area contributed by atoms with Gasteiger partial charge in [0.1, 0.15) is 6.61 Å². The average Bonchev–Trinajstić information content (AvgIpc) is 2.86. The number of ether oxygens (including phenoxy) is 1. The first-order valence-electron chi connectivity index (χ1n) is 11.0. The van der Waals surface area contributed by atoms with Crippen LogP contribution in [0.4, 0.5) is 4.79 Å². The molecule has 0 aromatic heterocycles. The lowest BCUT2D eigenvalue weighted by atomic mass is 9.97.